The molecule has 1 aliphatic carbocycles. The Morgan fingerprint density at radius 2 is 1.86 bits per heavy atom. The largest absolute Gasteiger partial charge is 0.451 e. The fourth-order valence-electron chi connectivity index (χ4n) is 6.62. The number of alkyl halides is 3. The summed E-state index contributed by atoms with van der Waals surface area (Å²) in [5.74, 6) is 0.528. The molecule has 1 spiro atoms. The van der Waals surface area contributed by atoms with Crippen molar-refractivity contribution in [3.63, 3.8) is 0 Å². The van der Waals surface area contributed by atoms with E-state index in [-0.39, 0.29) is 12.5 Å². The molecule has 1 unspecified atom stereocenters. The van der Waals surface area contributed by atoms with Crippen molar-refractivity contribution < 1.29 is 32.2 Å². The zero-order valence-electron chi connectivity index (χ0n) is 20.8. The topological polar surface area (TPSA) is 55.8 Å². The molecule has 36 heavy (non-hydrogen) atoms. The molecule has 3 heterocycles. The van der Waals surface area contributed by atoms with Crippen molar-refractivity contribution in [3.8, 4) is 0 Å². The van der Waals surface area contributed by atoms with Crippen molar-refractivity contribution >= 4 is 11.9 Å². The van der Waals surface area contributed by atoms with E-state index in [9.17, 15) is 22.8 Å². The number of ether oxygens (including phenoxy) is 2. The number of hydrogen-bond acceptors (Lipinski definition) is 4. The normalized spacial score (nSPS) is 29.2. The van der Waals surface area contributed by atoms with Crippen LogP contribution in [0.5, 0.6) is 0 Å². The minimum atomic E-state index is -4.43. The Morgan fingerprint density at radius 3 is 2.53 bits per heavy atom. The summed E-state index contributed by atoms with van der Waals surface area (Å²) in [7, 11) is 0. The Bertz CT molecular complexity index is 1050. The molecule has 1 saturated heterocycles. The maximum atomic E-state index is 13.8. The average Bonchev–Trinajstić information content (AvgIpc) is 3.42. The van der Waals surface area contributed by atoms with E-state index in [0.29, 0.717) is 54.4 Å². The highest BCUT2D eigenvalue weighted by Crippen LogP contribution is 2.45. The molecule has 1 saturated carbocycles. The number of nitrogens with zero attached hydrogens (tertiary/aromatic N) is 1. The van der Waals surface area contributed by atoms with Gasteiger partial charge in [-0.25, -0.2) is 4.79 Å². The summed E-state index contributed by atoms with van der Waals surface area (Å²) >= 11 is 0. The first-order chi connectivity index (χ1) is 17.2. The van der Waals surface area contributed by atoms with E-state index >= 15 is 0 Å². The molecule has 0 radical (unpaired) electrons. The van der Waals surface area contributed by atoms with Crippen LogP contribution >= 0.6 is 0 Å². The number of hydrogen-bond donors (Lipinski definition) is 0. The van der Waals surface area contributed by atoms with Crippen LogP contribution in [0.25, 0.3) is 0 Å². The molecule has 5 rings (SSSR count). The van der Waals surface area contributed by atoms with Crippen LogP contribution in [0.15, 0.2) is 29.3 Å². The standard InChI is InChI=1S/C28H34F3NO4/c1-18-24(25(33)32-12-8-21-6-7-23(28(29,30)31)15-22(21)16-32)27(36-26(18)34)10-2-4-19(5-3-11-27)14-20-9-13-35-17-20/h6-7,15,19-20H,2-5,8-14,16-17H2,1H3. The number of benzene rings is 1. The van der Waals surface area contributed by atoms with E-state index in [1.165, 1.54) is 12.5 Å². The van der Waals surface area contributed by atoms with Gasteiger partial charge in [0.2, 0.25) is 0 Å². The average molecular weight is 506 g/mol. The van der Waals surface area contributed by atoms with Gasteiger partial charge in [0, 0.05) is 31.9 Å². The molecule has 1 aromatic rings. The number of halogens is 3. The molecule has 4 aliphatic rings. The molecule has 1 amide bonds. The van der Waals surface area contributed by atoms with Crippen molar-refractivity contribution in [1.29, 1.82) is 0 Å². The lowest BCUT2D eigenvalue weighted by Gasteiger charge is -2.37. The third-order valence-electron chi connectivity index (χ3n) is 8.55. The number of fused-ring (bicyclic) bond motifs is 1. The van der Waals surface area contributed by atoms with Gasteiger partial charge in [0.05, 0.1) is 11.1 Å². The van der Waals surface area contributed by atoms with E-state index in [2.05, 4.69) is 0 Å². The van der Waals surface area contributed by atoms with Crippen molar-refractivity contribution in [3.05, 3.63) is 46.0 Å². The molecular weight excluding hydrogens is 471 g/mol. The van der Waals surface area contributed by atoms with Gasteiger partial charge in [0.1, 0.15) is 5.60 Å². The molecule has 0 N–H and O–H groups in total. The zero-order chi connectivity index (χ0) is 25.5. The summed E-state index contributed by atoms with van der Waals surface area (Å²) < 4.78 is 51.2. The maximum Gasteiger partial charge on any atom is 0.416 e. The molecule has 1 atom stereocenters. The molecule has 5 nitrogen and oxygen atoms in total. The third-order valence-corrected chi connectivity index (χ3v) is 8.55. The highest BCUT2D eigenvalue weighted by molar-refractivity contribution is 6.07. The van der Waals surface area contributed by atoms with Crippen molar-refractivity contribution in [2.24, 2.45) is 11.8 Å². The maximum absolute atomic E-state index is 13.8. The highest BCUT2D eigenvalue weighted by Gasteiger charge is 2.50. The Balaban J connectivity index is 1.32. The Labute approximate surface area is 210 Å². The van der Waals surface area contributed by atoms with Crippen LogP contribution in [0.4, 0.5) is 13.2 Å². The first-order valence-corrected chi connectivity index (χ1v) is 13.2. The van der Waals surface area contributed by atoms with Gasteiger partial charge in [0.25, 0.3) is 5.91 Å². The number of amides is 1. The van der Waals surface area contributed by atoms with E-state index < -0.39 is 23.3 Å². The predicted molar refractivity (Wildman–Crippen MR) is 127 cm³/mol. The van der Waals surface area contributed by atoms with Gasteiger partial charge in [-0.2, -0.15) is 13.2 Å². The first kappa shape index (κ1) is 25.3. The monoisotopic (exact) mass is 505 g/mol. The quantitative estimate of drug-likeness (QED) is 0.502. The van der Waals surface area contributed by atoms with Gasteiger partial charge in [-0.3, -0.25) is 4.79 Å². The minimum Gasteiger partial charge on any atom is -0.451 e. The lowest BCUT2D eigenvalue weighted by atomic mass is 9.76. The number of rotatable bonds is 3. The predicted octanol–water partition coefficient (Wildman–Crippen LogP) is 5.60. The highest BCUT2D eigenvalue weighted by atomic mass is 19.4. The van der Waals surface area contributed by atoms with Crippen LogP contribution in [0.2, 0.25) is 0 Å². The van der Waals surface area contributed by atoms with Crippen LogP contribution in [0, 0.1) is 11.8 Å². The lowest BCUT2D eigenvalue weighted by Crippen LogP contribution is -2.44. The van der Waals surface area contributed by atoms with Gasteiger partial charge in [-0.05, 0) is 87.0 Å². The molecule has 0 aromatic heterocycles. The van der Waals surface area contributed by atoms with Crippen LogP contribution in [-0.4, -0.2) is 42.1 Å². The van der Waals surface area contributed by atoms with Crippen LogP contribution in [0.1, 0.15) is 75.0 Å². The third kappa shape index (κ3) is 4.93. The lowest BCUT2D eigenvalue weighted by molar-refractivity contribution is -0.149. The van der Waals surface area contributed by atoms with Crippen molar-refractivity contribution in [2.45, 2.75) is 83.0 Å². The van der Waals surface area contributed by atoms with Crippen molar-refractivity contribution in [1.82, 2.24) is 4.90 Å². The smallest absolute Gasteiger partial charge is 0.416 e. The molecular formula is C28H34F3NO4. The summed E-state index contributed by atoms with van der Waals surface area (Å²) in [5.41, 5.74) is 0.476. The second-order valence-electron chi connectivity index (χ2n) is 11.0. The summed E-state index contributed by atoms with van der Waals surface area (Å²) in [5, 5.41) is 0. The van der Waals surface area contributed by atoms with E-state index in [4.69, 9.17) is 9.47 Å². The van der Waals surface area contributed by atoms with Gasteiger partial charge in [-0.15, -0.1) is 0 Å². The fourth-order valence-corrected chi connectivity index (χ4v) is 6.62. The summed E-state index contributed by atoms with van der Waals surface area (Å²) in [6, 6.07) is 3.76. The summed E-state index contributed by atoms with van der Waals surface area (Å²) in [6.07, 6.45) is 3.37. The van der Waals surface area contributed by atoms with E-state index in [1.54, 1.807) is 11.8 Å². The Morgan fingerprint density at radius 1 is 1.11 bits per heavy atom. The molecule has 3 aliphatic heterocycles. The minimum absolute atomic E-state index is 0.102. The number of carbonyl (C=O) groups is 2. The molecule has 1 aromatic carbocycles. The fraction of sp³-hybridized carbons (Fsp3) is 0.643. The molecule has 0 bridgehead atoms. The van der Waals surface area contributed by atoms with E-state index in [0.717, 1.165) is 63.0 Å². The SMILES string of the molecule is CC1=C(C(=O)N2CCc3ccc(C(F)(F)F)cc3C2)C2(CCCC(CC3CCOC3)CCC2)OC1=O. The zero-order valence-corrected chi connectivity index (χ0v) is 20.8. The van der Waals surface area contributed by atoms with E-state index in [1.807, 2.05) is 0 Å². The summed E-state index contributed by atoms with van der Waals surface area (Å²) in [4.78, 5) is 28.1. The van der Waals surface area contributed by atoms with Crippen LogP contribution in [-0.2, 0) is 38.2 Å². The second-order valence-corrected chi connectivity index (χ2v) is 11.0. The van der Waals surface area contributed by atoms with Gasteiger partial charge in [0.15, 0.2) is 0 Å². The Hall–Kier alpha value is -2.35. The van der Waals surface area contributed by atoms with Crippen molar-refractivity contribution in [2.75, 3.05) is 19.8 Å². The Kier molecular flexibility index (Phi) is 6.92. The number of esters is 1. The van der Waals surface area contributed by atoms with Gasteiger partial charge in [-0.1, -0.05) is 18.9 Å². The first-order valence-electron chi connectivity index (χ1n) is 13.2. The van der Waals surface area contributed by atoms with Gasteiger partial charge < -0.3 is 14.4 Å². The van der Waals surface area contributed by atoms with Gasteiger partial charge >= 0.3 is 12.1 Å². The second kappa shape index (κ2) is 9.84. The van der Waals surface area contributed by atoms with Crippen LogP contribution in [0.3, 0.4) is 0 Å². The summed E-state index contributed by atoms with van der Waals surface area (Å²) in [6.45, 7) is 3.85. The van der Waals surface area contributed by atoms with Crippen LogP contribution < -0.4 is 0 Å². The number of carbonyl (C=O) groups excluding carboxylic acids is 2. The molecule has 196 valence electrons. The molecule has 8 heteroatoms. The molecule has 2 fully saturated rings.